The summed E-state index contributed by atoms with van der Waals surface area (Å²) in [6.07, 6.45) is 0. The van der Waals surface area contributed by atoms with Crippen LogP contribution in [0.15, 0.2) is 46.9 Å². The highest BCUT2D eigenvalue weighted by atomic mass is 35.5. The molecule has 3 rings (SSSR count). The molecule has 0 spiro atoms. The number of benzene rings is 2. The Hall–Kier alpha value is -3.26. The second kappa shape index (κ2) is 7.96. The predicted molar refractivity (Wildman–Crippen MR) is 103 cm³/mol. The number of amides is 2. The Labute approximate surface area is 160 Å². The number of nitrogens with zero attached hydrogens (tertiary/aromatic N) is 3. The zero-order chi connectivity index (χ0) is 19.4. The van der Waals surface area contributed by atoms with Gasteiger partial charge < -0.3 is 25.1 Å². The summed E-state index contributed by atoms with van der Waals surface area (Å²) in [5.41, 5.74) is 1.87. The second-order valence-corrected chi connectivity index (χ2v) is 6.38. The van der Waals surface area contributed by atoms with Gasteiger partial charge >= 0.3 is 12.0 Å². The Balaban J connectivity index is 1.59. The van der Waals surface area contributed by atoms with Gasteiger partial charge in [0.05, 0.1) is 0 Å². The van der Waals surface area contributed by atoms with Gasteiger partial charge in [-0.1, -0.05) is 16.7 Å². The standard InChI is InChI=1S/C18H18ClN5O3/c1-24(2)18-23-22-16(27-18)11-3-6-14(7-4-11)21-17(26)20-10-12-9-13(19)5-8-15(12)25/h3-9,25H,10H2,1-2H3,(H2,20,21,26). The number of nitrogens with one attached hydrogen (secondary N) is 2. The number of phenolic OH excluding ortho intramolecular Hbond substituents is 1. The van der Waals surface area contributed by atoms with Crippen LogP contribution < -0.4 is 15.5 Å². The molecule has 0 unspecified atom stereocenters. The molecule has 0 aliphatic rings. The number of hydrogen-bond donors (Lipinski definition) is 3. The van der Waals surface area contributed by atoms with Crippen LogP contribution in [0.1, 0.15) is 5.56 Å². The van der Waals surface area contributed by atoms with E-state index in [1.165, 1.54) is 6.07 Å². The summed E-state index contributed by atoms with van der Waals surface area (Å²) in [7, 11) is 3.62. The maximum Gasteiger partial charge on any atom is 0.319 e. The molecule has 0 aliphatic heterocycles. The minimum Gasteiger partial charge on any atom is -0.508 e. The van der Waals surface area contributed by atoms with Crippen LogP contribution in [0.2, 0.25) is 5.02 Å². The number of phenols is 1. The maximum atomic E-state index is 12.0. The summed E-state index contributed by atoms with van der Waals surface area (Å²) in [4.78, 5) is 13.7. The quantitative estimate of drug-likeness (QED) is 0.619. The number of carbonyl (C=O) groups is 1. The molecule has 3 aromatic rings. The van der Waals surface area contributed by atoms with Gasteiger partial charge in [-0.05, 0) is 42.5 Å². The zero-order valence-corrected chi connectivity index (χ0v) is 15.5. The summed E-state index contributed by atoms with van der Waals surface area (Å²) < 4.78 is 5.53. The van der Waals surface area contributed by atoms with Crippen molar-refractivity contribution in [2.24, 2.45) is 0 Å². The molecule has 0 bridgehead atoms. The van der Waals surface area contributed by atoms with Gasteiger partial charge in [0.25, 0.3) is 0 Å². The van der Waals surface area contributed by atoms with E-state index in [0.717, 1.165) is 5.56 Å². The average Bonchev–Trinajstić information content (AvgIpc) is 3.13. The van der Waals surface area contributed by atoms with E-state index in [2.05, 4.69) is 20.8 Å². The molecule has 1 heterocycles. The van der Waals surface area contributed by atoms with Crippen molar-refractivity contribution >= 4 is 29.3 Å². The van der Waals surface area contributed by atoms with Crippen LogP contribution in [0.25, 0.3) is 11.5 Å². The number of hydrogen-bond acceptors (Lipinski definition) is 6. The van der Waals surface area contributed by atoms with E-state index >= 15 is 0 Å². The summed E-state index contributed by atoms with van der Waals surface area (Å²) in [6, 6.07) is 11.7. The van der Waals surface area contributed by atoms with Gasteiger partial charge in [0.15, 0.2) is 0 Å². The molecular formula is C18H18ClN5O3. The largest absolute Gasteiger partial charge is 0.508 e. The van der Waals surface area contributed by atoms with E-state index in [1.807, 2.05) is 14.1 Å². The third-order valence-electron chi connectivity index (χ3n) is 3.67. The molecule has 2 amide bonds. The third kappa shape index (κ3) is 4.68. The van der Waals surface area contributed by atoms with Crippen molar-refractivity contribution in [1.82, 2.24) is 15.5 Å². The van der Waals surface area contributed by atoms with Crippen molar-refractivity contribution < 1.29 is 14.3 Å². The van der Waals surface area contributed by atoms with Gasteiger partial charge in [-0.3, -0.25) is 0 Å². The maximum absolute atomic E-state index is 12.0. The van der Waals surface area contributed by atoms with E-state index in [1.54, 1.807) is 41.3 Å². The lowest BCUT2D eigenvalue weighted by molar-refractivity contribution is 0.251. The smallest absolute Gasteiger partial charge is 0.319 e. The van der Waals surface area contributed by atoms with E-state index in [9.17, 15) is 9.90 Å². The van der Waals surface area contributed by atoms with Crippen molar-refractivity contribution in [1.29, 1.82) is 0 Å². The topological polar surface area (TPSA) is 104 Å². The Kier molecular flexibility index (Phi) is 5.46. The number of anilines is 2. The molecule has 3 N–H and O–H groups in total. The van der Waals surface area contributed by atoms with Crippen LogP contribution in [0, 0.1) is 0 Å². The molecule has 1 aromatic heterocycles. The normalized spacial score (nSPS) is 10.5. The third-order valence-corrected chi connectivity index (χ3v) is 3.90. The van der Waals surface area contributed by atoms with E-state index in [-0.39, 0.29) is 12.3 Å². The van der Waals surface area contributed by atoms with E-state index < -0.39 is 6.03 Å². The van der Waals surface area contributed by atoms with Gasteiger partial charge in [-0.25, -0.2) is 4.79 Å². The number of aromatic nitrogens is 2. The monoisotopic (exact) mass is 387 g/mol. The van der Waals surface area contributed by atoms with E-state index in [0.29, 0.717) is 28.2 Å². The molecule has 0 saturated heterocycles. The fraction of sp³-hybridized carbons (Fsp3) is 0.167. The highest BCUT2D eigenvalue weighted by Crippen LogP contribution is 2.23. The summed E-state index contributed by atoms with van der Waals surface area (Å²) in [5, 5.41) is 23.5. The molecule has 0 radical (unpaired) electrons. The first-order valence-corrected chi connectivity index (χ1v) is 8.43. The number of rotatable bonds is 5. The number of halogens is 1. The summed E-state index contributed by atoms with van der Waals surface area (Å²) >= 11 is 5.89. The molecule has 27 heavy (non-hydrogen) atoms. The van der Waals surface area contributed by atoms with Crippen molar-refractivity contribution in [3.8, 4) is 17.2 Å². The first-order valence-electron chi connectivity index (χ1n) is 8.06. The Morgan fingerprint density at radius 2 is 1.93 bits per heavy atom. The highest BCUT2D eigenvalue weighted by Gasteiger charge is 2.10. The highest BCUT2D eigenvalue weighted by molar-refractivity contribution is 6.30. The second-order valence-electron chi connectivity index (χ2n) is 5.94. The van der Waals surface area contributed by atoms with Crippen LogP contribution >= 0.6 is 11.6 Å². The summed E-state index contributed by atoms with van der Waals surface area (Å²) in [6.45, 7) is 0.144. The van der Waals surface area contributed by atoms with Crippen molar-refractivity contribution in [2.75, 3.05) is 24.3 Å². The molecular weight excluding hydrogens is 370 g/mol. The molecule has 0 saturated carbocycles. The molecule has 0 aliphatic carbocycles. The van der Waals surface area contributed by atoms with Gasteiger partial charge in [-0.2, -0.15) is 0 Å². The van der Waals surface area contributed by atoms with E-state index in [4.69, 9.17) is 16.0 Å². The Morgan fingerprint density at radius 3 is 2.59 bits per heavy atom. The van der Waals surface area contributed by atoms with Crippen LogP contribution in [0.4, 0.5) is 16.5 Å². The Morgan fingerprint density at radius 1 is 1.19 bits per heavy atom. The van der Waals surface area contributed by atoms with Crippen LogP contribution in [0.3, 0.4) is 0 Å². The summed E-state index contributed by atoms with van der Waals surface area (Å²) in [5.74, 6) is 0.465. The van der Waals surface area contributed by atoms with Gasteiger partial charge in [0.2, 0.25) is 5.89 Å². The zero-order valence-electron chi connectivity index (χ0n) is 14.7. The molecule has 0 atom stereocenters. The fourth-order valence-electron chi connectivity index (χ4n) is 2.26. The molecule has 9 heteroatoms. The first-order chi connectivity index (χ1) is 12.9. The van der Waals surface area contributed by atoms with Crippen LogP contribution in [-0.4, -0.2) is 35.4 Å². The van der Waals surface area contributed by atoms with Crippen molar-refractivity contribution in [3.63, 3.8) is 0 Å². The molecule has 2 aromatic carbocycles. The molecule has 0 fully saturated rings. The molecule has 140 valence electrons. The van der Waals surface area contributed by atoms with Crippen LogP contribution in [-0.2, 0) is 6.54 Å². The lowest BCUT2D eigenvalue weighted by Crippen LogP contribution is -2.28. The predicted octanol–water partition coefficient (Wildman–Crippen LogP) is 3.48. The fourth-order valence-corrected chi connectivity index (χ4v) is 2.45. The van der Waals surface area contributed by atoms with Gasteiger partial charge in [-0.15, -0.1) is 5.10 Å². The molecule has 8 nitrogen and oxygen atoms in total. The van der Waals surface area contributed by atoms with Crippen molar-refractivity contribution in [3.05, 3.63) is 53.1 Å². The minimum absolute atomic E-state index is 0.0701. The number of aromatic hydroxyl groups is 1. The van der Waals surface area contributed by atoms with Gasteiger partial charge in [0, 0.05) is 42.5 Å². The van der Waals surface area contributed by atoms with Gasteiger partial charge in [0.1, 0.15) is 5.75 Å². The van der Waals surface area contributed by atoms with Crippen molar-refractivity contribution in [2.45, 2.75) is 6.54 Å². The SMILES string of the molecule is CN(C)c1nnc(-c2ccc(NC(=O)NCc3cc(Cl)ccc3O)cc2)o1. The Bertz CT molecular complexity index is 940. The lowest BCUT2D eigenvalue weighted by Gasteiger charge is -2.09. The number of carbonyl (C=O) groups excluding carboxylic acids is 1. The average molecular weight is 388 g/mol. The van der Waals surface area contributed by atoms with Crippen LogP contribution in [0.5, 0.6) is 5.75 Å². The lowest BCUT2D eigenvalue weighted by atomic mass is 10.2. The first kappa shape index (κ1) is 18.5. The minimum atomic E-state index is -0.408. The number of urea groups is 1.